The zero-order chi connectivity index (χ0) is 16.9. The van der Waals surface area contributed by atoms with Crippen molar-refractivity contribution < 1.29 is 17.7 Å². The van der Waals surface area contributed by atoms with Crippen LogP contribution in [0.15, 0.2) is 27.9 Å². The number of H-pyrrole nitrogens is 1. The first-order valence-electron chi connectivity index (χ1n) is 6.41. The van der Waals surface area contributed by atoms with Gasteiger partial charge in [0.15, 0.2) is 0 Å². The van der Waals surface area contributed by atoms with Crippen LogP contribution in [0, 0.1) is 18.3 Å². The summed E-state index contributed by atoms with van der Waals surface area (Å²) in [4.78, 5) is 14.7. The van der Waals surface area contributed by atoms with Gasteiger partial charge in [0, 0.05) is 12.1 Å². The number of hydrogen-bond donors (Lipinski definition) is 2. The number of aromatic amines is 1. The zero-order valence-electron chi connectivity index (χ0n) is 12.1. The van der Waals surface area contributed by atoms with Gasteiger partial charge in [-0.05, 0) is 18.6 Å². The molecule has 0 amide bonds. The molecule has 3 rings (SSSR count). The van der Waals surface area contributed by atoms with Gasteiger partial charge in [0.2, 0.25) is 0 Å². The number of fused-ring (bicyclic) bond motifs is 3. The van der Waals surface area contributed by atoms with Crippen LogP contribution >= 0.6 is 0 Å². The van der Waals surface area contributed by atoms with Crippen LogP contribution in [0.3, 0.4) is 0 Å². The predicted molar refractivity (Wildman–Crippen MR) is 81.3 cm³/mol. The molecule has 0 saturated carbocycles. The Hall–Kier alpha value is -2.83. The minimum absolute atomic E-state index is 0.0742. The van der Waals surface area contributed by atoms with Gasteiger partial charge in [-0.1, -0.05) is 0 Å². The van der Waals surface area contributed by atoms with Gasteiger partial charge in [-0.25, -0.2) is 0 Å². The van der Waals surface area contributed by atoms with E-state index in [1.807, 2.05) is 6.07 Å². The summed E-state index contributed by atoms with van der Waals surface area (Å²) in [6, 6.07) is 5.78. The molecule has 0 aliphatic carbocycles. The summed E-state index contributed by atoms with van der Waals surface area (Å²) in [5, 5.41) is 9.27. The Balaban J connectivity index is 2.60. The Morgan fingerprint density at radius 3 is 2.61 bits per heavy atom. The summed E-state index contributed by atoms with van der Waals surface area (Å²) in [5.41, 5.74) is 1.22. The third-order valence-electron chi connectivity index (χ3n) is 3.58. The second kappa shape index (κ2) is 4.84. The highest BCUT2D eigenvalue weighted by Gasteiger charge is 2.21. The van der Waals surface area contributed by atoms with E-state index in [-0.39, 0.29) is 22.5 Å². The summed E-state index contributed by atoms with van der Waals surface area (Å²) < 4.78 is 38.5. The molecule has 0 bridgehead atoms. The molecule has 0 unspecified atom stereocenters. The number of nitriles is 1. The van der Waals surface area contributed by atoms with Crippen LogP contribution in [-0.2, 0) is 10.1 Å². The molecule has 0 saturated heterocycles. The average Bonchev–Trinajstić information content (AvgIpc) is 2.83. The Kier molecular flexibility index (Phi) is 3.17. The van der Waals surface area contributed by atoms with Gasteiger partial charge < -0.3 is 9.72 Å². The second-order valence-corrected chi connectivity index (χ2v) is 6.35. The van der Waals surface area contributed by atoms with Crippen LogP contribution in [0.2, 0.25) is 0 Å². The number of benzene rings is 1. The molecule has 0 fully saturated rings. The van der Waals surface area contributed by atoms with Crippen molar-refractivity contribution in [1.82, 2.24) is 9.38 Å². The minimum atomic E-state index is -4.54. The molecule has 0 spiro atoms. The molecule has 0 aliphatic rings. The minimum Gasteiger partial charge on any atom is -0.495 e. The molecule has 0 radical (unpaired) electrons. The maximum Gasteiger partial charge on any atom is 0.298 e. The highest BCUT2D eigenvalue weighted by atomic mass is 32.2. The first-order chi connectivity index (χ1) is 10.8. The maximum atomic E-state index is 12.2. The number of imidazole rings is 1. The number of hydrogen-bond acceptors (Lipinski definition) is 5. The van der Waals surface area contributed by atoms with Crippen molar-refractivity contribution >= 4 is 26.8 Å². The van der Waals surface area contributed by atoms with Crippen molar-refractivity contribution in [2.75, 3.05) is 7.11 Å². The molecule has 23 heavy (non-hydrogen) atoms. The third-order valence-corrected chi connectivity index (χ3v) is 4.46. The fourth-order valence-corrected chi connectivity index (χ4v) is 3.21. The predicted octanol–water partition coefficient (Wildman–Crippen LogP) is 1.22. The van der Waals surface area contributed by atoms with Crippen LogP contribution in [0.5, 0.6) is 5.75 Å². The van der Waals surface area contributed by atoms with Crippen molar-refractivity contribution in [3.8, 4) is 11.8 Å². The Morgan fingerprint density at radius 1 is 1.35 bits per heavy atom. The molecule has 0 atom stereocenters. The van der Waals surface area contributed by atoms with E-state index in [1.165, 1.54) is 23.6 Å². The smallest absolute Gasteiger partial charge is 0.298 e. The van der Waals surface area contributed by atoms with E-state index in [9.17, 15) is 23.0 Å². The number of ether oxygens (including phenoxy) is 1. The largest absolute Gasteiger partial charge is 0.495 e. The van der Waals surface area contributed by atoms with Crippen LogP contribution in [-0.4, -0.2) is 29.5 Å². The molecular weight excluding hydrogens is 322 g/mol. The molecule has 2 heterocycles. The maximum absolute atomic E-state index is 12.2. The van der Waals surface area contributed by atoms with Gasteiger partial charge in [0.05, 0.1) is 23.7 Å². The monoisotopic (exact) mass is 333 g/mol. The SMILES string of the molecule is COc1cc2[nH]c3c(C#N)c(C)cc(=O)n3c2cc1S(=O)(=O)O. The van der Waals surface area contributed by atoms with E-state index in [4.69, 9.17) is 4.74 Å². The van der Waals surface area contributed by atoms with Crippen molar-refractivity contribution in [1.29, 1.82) is 5.26 Å². The number of methoxy groups -OCH3 is 1. The molecule has 118 valence electrons. The van der Waals surface area contributed by atoms with E-state index in [0.29, 0.717) is 11.1 Å². The van der Waals surface area contributed by atoms with Crippen molar-refractivity contribution in [3.05, 3.63) is 39.7 Å². The lowest BCUT2D eigenvalue weighted by Crippen LogP contribution is -2.13. The number of aryl methyl sites for hydroxylation is 1. The van der Waals surface area contributed by atoms with Gasteiger partial charge in [-0.15, -0.1) is 0 Å². The number of rotatable bonds is 2. The molecular formula is C14H11N3O5S. The zero-order valence-corrected chi connectivity index (χ0v) is 12.9. The summed E-state index contributed by atoms with van der Waals surface area (Å²) in [6.07, 6.45) is 0. The first kappa shape index (κ1) is 15.1. The highest BCUT2D eigenvalue weighted by Crippen LogP contribution is 2.30. The van der Waals surface area contributed by atoms with E-state index in [2.05, 4.69) is 4.98 Å². The Labute approximate surface area is 130 Å². The lowest BCUT2D eigenvalue weighted by Gasteiger charge is -2.06. The van der Waals surface area contributed by atoms with Gasteiger partial charge in [-0.3, -0.25) is 13.7 Å². The van der Waals surface area contributed by atoms with Crippen molar-refractivity contribution in [3.63, 3.8) is 0 Å². The lowest BCUT2D eigenvalue weighted by molar-refractivity contribution is 0.398. The normalized spacial score (nSPS) is 11.7. The van der Waals surface area contributed by atoms with E-state index in [0.717, 1.165) is 6.07 Å². The van der Waals surface area contributed by atoms with Gasteiger partial charge in [0.25, 0.3) is 15.7 Å². The summed E-state index contributed by atoms with van der Waals surface area (Å²) in [7, 11) is -3.28. The molecule has 8 nitrogen and oxygen atoms in total. The van der Waals surface area contributed by atoms with Gasteiger partial charge >= 0.3 is 0 Å². The highest BCUT2D eigenvalue weighted by molar-refractivity contribution is 7.86. The van der Waals surface area contributed by atoms with Crippen molar-refractivity contribution in [2.45, 2.75) is 11.8 Å². The van der Waals surface area contributed by atoms with Gasteiger partial charge in [0.1, 0.15) is 22.4 Å². The van der Waals surface area contributed by atoms with Crippen molar-refractivity contribution in [2.24, 2.45) is 0 Å². The topological polar surface area (TPSA) is 125 Å². The molecule has 2 aromatic heterocycles. The van der Waals surface area contributed by atoms with E-state index >= 15 is 0 Å². The number of nitrogens with zero attached hydrogens (tertiary/aromatic N) is 2. The van der Waals surface area contributed by atoms with Crippen LogP contribution in [0.25, 0.3) is 16.7 Å². The summed E-state index contributed by atoms with van der Waals surface area (Å²) in [5.74, 6) is -0.0742. The lowest BCUT2D eigenvalue weighted by atomic mass is 10.2. The molecule has 1 aromatic carbocycles. The molecule has 3 aromatic rings. The quantitative estimate of drug-likeness (QED) is 0.679. The number of pyridine rings is 1. The summed E-state index contributed by atoms with van der Waals surface area (Å²) >= 11 is 0. The van der Waals surface area contributed by atoms with E-state index in [1.54, 1.807) is 6.92 Å². The van der Waals surface area contributed by atoms with Crippen LogP contribution in [0.4, 0.5) is 0 Å². The van der Waals surface area contributed by atoms with Gasteiger partial charge in [-0.2, -0.15) is 13.7 Å². The molecule has 0 aliphatic heterocycles. The Bertz CT molecular complexity index is 1170. The fraction of sp³-hybridized carbons (Fsp3) is 0.143. The average molecular weight is 333 g/mol. The van der Waals surface area contributed by atoms with Crippen LogP contribution in [0.1, 0.15) is 11.1 Å². The first-order valence-corrected chi connectivity index (χ1v) is 7.85. The third kappa shape index (κ3) is 2.16. The standard InChI is InChI=1S/C14H11N3O5S/c1-7-3-13(18)17-10-5-12(23(19,20)21)11(22-2)4-9(10)16-14(17)8(7)6-15/h3-5,16H,1-2H3,(H,19,20,21). The Morgan fingerprint density at radius 2 is 2.04 bits per heavy atom. The number of aromatic nitrogens is 2. The molecule has 9 heteroatoms. The second-order valence-electron chi connectivity index (χ2n) is 4.96. The molecule has 2 N–H and O–H groups in total. The summed E-state index contributed by atoms with van der Waals surface area (Å²) in [6.45, 7) is 1.63. The number of nitrogens with one attached hydrogen (secondary N) is 1. The van der Waals surface area contributed by atoms with Crippen LogP contribution < -0.4 is 10.3 Å². The van der Waals surface area contributed by atoms with E-state index < -0.39 is 20.6 Å². The fourth-order valence-electron chi connectivity index (χ4n) is 2.55.